The van der Waals surface area contributed by atoms with Crippen molar-refractivity contribution in [1.82, 2.24) is 5.32 Å². The van der Waals surface area contributed by atoms with Gasteiger partial charge in [-0.25, -0.2) is 0 Å². The number of para-hydroxylation sites is 1. The van der Waals surface area contributed by atoms with E-state index in [1.807, 2.05) is 0 Å². The van der Waals surface area contributed by atoms with E-state index in [1.54, 1.807) is 5.32 Å². The first kappa shape index (κ1) is 20.3. The number of hydrogen-bond acceptors (Lipinski definition) is 2. The summed E-state index contributed by atoms with van der Waals surface area (Å²) < 4.78 is 74.6. The van der Waals surface area contributed by atoms with Gasteiger partial charge in [0.15, 0.2) is 0 Å². The fourth-order valence-corrected chi connectivity index (χ4v) is 2.08. The standard InChI is InChI=1S/C17H12F6N2O2/c18-16(19,20)12-7-5-10(6-8-12)14(26)24-9-11-3-1-2-4-13(11)25-15(27)17(21,22)23/h1-8H,9H2,(H,24,26)(H,25,27). The van der Waals surface area contributed by atoms with Crippen molar-refractivity contribution in [1.29, 1.82) is 0 Å². The first-order valence-electron chi connectivity index (χ1n) is 7.40. The van der Waals surface area contributed by atoms with Crippen LogP contribution in [-0.4, -0.2) is 18.0 Å². The van der Waals surface area contributed by atoms with E-state index in [0.29, 0.717) is 0 Å². The van der Waals surface area contributed by atoms with Crippen LogP contribution in [0.4, 0.5) is 32.0 Å². The number of amides is 2. The highest BCUT2D eigenvalue weighted by Crippen LogP contribution is 2.29. The van der Waals surface area contributed by atoms with Crippen molar-refractivity contribution in [3.05, 3.63) is 65.2 Å². The number of halogens is 6. The third-order valence-electron chi connectivity index (χ3n) is 3.44. The quantitative estimate of drug-likeness (QED) is 0.772. The minimum absolute atomic E-state index is 0.0557. The van der Waals surface area contributed by atoms with E-state index in [0.717, 1.165) is 24.3 Å². The highest BCUT2D eigenvalue weighted by Gasteiger charge is 2.38. The normalized spacial score (nSPS) is 11.8. The van der Waals surface area contributed by atoms with Crippen LogP contribution in [0.3, 0.4) is 0 Å². The summed E-state index contributed by atoms with van der Waals surface area (Å²) in [6, 6.07) is 8.95. The number of benzene rings is 2. The third-order valence-corrected chi connectivity index (χ3v) is 3.44. The molecule has 0 aliphatic rings. The Hall–Kier alpha value is -3.04. The number of hydrogen-bond donors (Lipinski definition) is 2. The summed E-state index contributed by atoms with van der Waals surface area (Å²) in [5, 5.41) is 4.07. The monoisotopic (exact) mass is 390 g/mol. The molecule has 0 aliphatic carbocycles. The molecule has 2 amide bonds. The van der Waals surface area contributed by atoms with Gasteiger partial charge in [0.05, 0.1) is 5.56 Å². The Morgan fingerprint density at radius 2 is 1.44 bits per heavy atom. The Morgan fingerprint density at radius 3 is 2.00 bits per heavy atom. The molecule has 2 N–H and O–H groups in total. The highest BCUT2D eigenvalue weighted by atomic mass is 19.4. The van der Waals surface area contributed by atoms with Gasteiger partial charge < -0.3 is 10.6 Å². The maximum absolute atomic E-state index is 12.5. The maximum Gasteiger partial charge on any atom is 0.471 e. The van der Waals surface area contributed by atoms with Gasteiger partial charge in [-0.2, -0.15) is 26.3 Å². The van der Waals surface area contributed by atoms with Gasteiger partial charge in [0, 0.05) is 17.8 Å². The van der Waals surface area contributed by atoms with Crippen LogP contribution < -0.4 is 10.6 Å². The average molecular weight is 390 g/mol. The van der Waals surface area contributed by atoms with Crippen LogP contribution in [0.1, 0.15) is 21.5 Å². The lowest BCUT2D eigenvalue weighted by Gasteiger charge is -2.13. The number of alkyl halides is 6. The molecule has 0 saturated carbocycles. The predicted molar refractivity (Wildman–Crippen MR) is 83.7 cm³/mol. The SMILES string of the molecule is O=C(NCc1ccccc1NC(=O)C(F)(F)F)c1ccc(C(F)(F)F)cc1. The van der Waals surface area contributed by atoms with E-state index < -0.39 is 29.7 Å². The largest absolute Gasteiger partial charge is 0.471 e. The number of carbonyl (C=O) groups excluding carboxylic acids is 2. The maximum atomic E-state index is 12.5. The molecule has 0 fully saturated rings. The minimum atomic E-state index is -5.07. The molecule has 0 heterocycles. The summed E-state index contributed by atoms with van der Waals surface area (Å²) in [5.41, 5.74) is -0.929. The number of nitrogens with one attached hydrogen (secondary N) is 2. The summed E-state index contributed by atoms with van der Waals surface area (Å²) in [7, 11) is 0. The zero-order valence-electron chi connectivity index (χ0n) is 13.4. The molecule has 2 aromatic carbocycles. The van der Waals surface area contributed by atoms with Crippen molar-refractivity contribution < 1.29 is 35.9 Å². The molecule has 0 saturated heterocycles. The Balaban J connectivity index is 2.06. The van der Waals surface area contributed by atoms with Crippen molar-refractivity contribution in [3.63, 3.8) is 0 Å². The lowest BCUT2D eigenvalue weighted by Crippen LogP contribution is -2.31. The van der Waals surface area contributed by atoms with Crippen LogP contribution in [-0.2, 0) is 17.5 Å². The summed E-state index contributed by atoms with van der Waals surface area (Å²) in [5.74, 6) is -2.88. The smallest absolute Gasteiger partial charge is 0.348 e. The van der Waals surface area contributed by atoms with Crippen molar-refractivity contribution in [3.8, 4) is 0 Å². The molecule has 0 aromatic heterocycles. The van der Waals surface area contributed by atoms with Crippen molar-refractivity contribution >= 4 is 17.5 Å². The average Bonchev–Trinajstić information content (AvgIpc) is 2.59. The zero-order chi connectivity index (χ0) is 20.2. The predicted octanol–water partition coefficient (Wildman–Crippen LogP) is 4.14. The Morgan fingerprint density at radius 1 is 0.852 bits per heavy atom. The number of anilines is 1. The van der Waals surface area contributed by atoms with Gasteiger partial charge in [0.2, 0.25) is 0 Å². The lowest BCUT2D eigenvalue weighted by atomic mass is 10.1. The fourth-order valence-electron chi connectivity index (χ4n) is 2.08. The van der Waals surface area contributed by atoms with Gasteiger partial charge in [0.25, 0.3) is 5.91 Å². The molecule has 0 unspecified atom stereocenters. The molecule has 10 heteroatoms. The van der Waals surface area contributed by atoms with Crippen LogP contribution in [0.2, 0.25) is 0 Å². The van der Waals surface area contributed by atoms with E-state index in [9.17, 15) is 35.9 Å². The lowest BCUT2D eigenvalue weighted by molar-refractivity contribution is -0.167. The van der Waals surface area contributed by atoms with Gasteiger partial charge >= 0.3 is 18.3 Å². The van der Waals surface area contributed by atoms with Gasteiger partial charge in [-0.15, -0.1) is 0 Å². The van der Waals surface area contributed by atoms with Gasteiger partial charge in [-0.3, -0.25) is 9.59 Å². The molecule has 0 radical (unpaired) electrons. The van der Waals surface area contributed by atoms with Gasteiger partial charge in [-0.1, -0.05) is 18.2 Å². The van der Waals surface area contributed by atoms with Crippen LogP contribution in [0.15, 0.2) is 48.5 Å². The second-order valence-electron chi connectivity index (χ2n) is 5.37. The van der Waals surface area contributed by atoms with E-state index in [2.05, 4.69) is 5.32 Å². The van der Waals surface area contributed by atoms with Crippen LogP contribution in [0.25, 0.3) is 0 Å². The van der Waals surface area contributed by atoms with E-state index >= 15 is 0 Å². The summed E-state index contributed by atoms with van der Waals surface area (Å²) in [6.45, 7) is -0.242. The molecular formula is C17H12F6N2O2. The molecular weight excluding hydrogens is 378 g/mol. The Bertz CT molecular complexity index is 829. The van der Waals surface area contributed by atoms with Crippen molar-refractivity contribution in [2.45, 2.75) is 18.9 Å². The molecule has 0 aliphatic heterocycles. The summed E-state index contributed by atoms with van der Waals surface area (Å²) in [4.78, 5) is 23.1. The molecule has 0 spiro atoms. The zero-order valence-corrected chi connectivity index (χ0v) is 13.4. The van der Waals surface area contributed by atoms with Crippen LogP contribution in [0.5, 0.6) is 0 Å². The molecule has 0 atom stereocenters. The van der Waals surface area contributed by atoms with Crippen molar-refractivity contribution in [2.75, 3.05) is 5.32 Å². The van der Waals surface area contributed by atoms with E-state index in [-0.39, 0.29) is 23.4 Å². The Labute approximate surface area is 149 Å². The van der Waals surface area contributed by atoms with Crippen LogP contribution in [0, 0.1) is 0 Å². The summed E-state index contributed by atoms with van der Waals surface area (Å²) in [6.07, 6.45) is -9.61. The van der Waals surface area contributed by atoms with Gasteiger partial charge in [-0.05, 0) is 35.9 Å². The molecule has 0 bridgehead atoms. The Kier molecular flexibility index (Phi) is 5.77. The minimum Gasteiger partial charge on any atom is -0.348 e. The van der Waals surface area contributed by atoms with E-state index in [4.69, 9.17) is 0 Å². The first-order chi connectivity index (χ1) is 12.5. The number of rotatable bonds is 4. The molecule has 2 rings (SSSR count). The van der Waals surface area contributed by atoms with Crippen molar-refractivity contribution in [2.24, 2.45) is 0 Å². The highest BCUT2D eigenvalue weighted by molar-refractivity contribution is 5.96. The second-order valence-corrected chi connectivity index (χ2v) is 5.37. The van der Waals surface area contributed by atoms with Gasteiger partial charge in [0.1, 0.15) is 0 Å². The third kappa shape index (κ3) is 5.47. The molecule has 2 aromatic rings. The fraction of sp³-hybridized carbons (Fsp3) is 0.176. The van der Waals surface area contributed by atoms with E-state index in [1.165, 1.54) is 24.3 Å². The molecule has 27 heavy (non-hydrogen) atoms. The topological polar surface area (TPSA) is 58.2 Å². The summed E-state index contributed by atoms with van der Waals surface area (Å²) >= 11 is 0. The van der Waals surface area contributed by atoms with Crippen LogP contribution >= 0.6 is 0 Å². The number of carbonyl (C=O) groups is 2. The molecule has 4 nitrogen and oxygen atoms in total. The first-order valence-corrected chi connectivity index (χ1v) is 7.40. The second kappa shape index (κ2) is 7.68. The molecule has 144 valence electrons.